The van der Waals surface area contributed by atoms with Gasteiger partial charge in [0.15, 0.2) is 11.6 Å². The Kier molecular flexibility index (Phi) is 6.65. The van der Waals surface area contributed by atoms with Gasteiger partial charge in [0.1, 0.15) is 24.3 Å². The van der Waals surface area contributed by atoms with Crippen LogP contribution in [0.3, 0.4) is 0 Å². The number of nitrogens with one attached hydrogen (secondary N) is 1. The highest BCUT2D eigenvalue weighted by Crippen LogP contribution is 2.19. The molecule has 3 rings (SSSR count). The summed E-state index contributed by atoms with van der Waals surface area (Å²) in [5.74, 6) is -0.655. The Balaban J connectivity index is 1.48. The molecular weight excluding hydrogens is 370 g/mol. The summed E-state index contributed by atoms with van der Waals surface area (Å²) in [4.78, 5) is 14.0. The molecule has 1 aliphatic rings. The van der Waals surface area contributed by atoms with Gasteiger partial charge < -0.3 is 24.4 Å². The lowest BCUT2D eigenvalue weighted by Crippen LogP contribution is -2.50. The number of benzene rings is 2. The molecule has 1 unspecified atom stereocenters. The van der Waals surface area contributed by atoms with E-state index in [0.29, 0.717) is 26.2 Å². The van der Waals surface area contributed by atoms with Crippen LogP contribution in [0.2, 0.25) is 0 Å². The van der Waals surface area contributed by atoms with Crippen molar-refractivity contribution in [2.75, 3.05) is 33.4 Å². The van der Waals surface area contributed by atoms with Crippen molar-refractivity contribution in [1.29, 1.82) is 0 Å². The first-order valence-corrected chi connectivity index (χ1v) is 8.90. The zero-order valence-corrected chi connectivity index (χ0v) is 15.5. The van der Waals surface area contributed by atoms with Crippen LogP contribution in [0.1, 0.15) is 5.56 Å². The maximum atomic E-state index is 13.6. The summed E-state index contributed by atoms with van der Waals surface area (Å²) in [6.07, 6.45) is -0.428. The number of hydrogen-bond donors (Lipinski definition) is 1. The summed E-state index contributed by atoms with van der Waals surface area (Å²) in [5, 5.41) is 2.86. The molecular formula is C20H22F2N2O4. The topological polar surface area (TPSA) is 60.0 Å². The van der Waals surface area contributed by atoms with E-state index < -0.39 is 17.7 Å². The molecule has 1 aliphatic heterocycles. The van der Waals surface area contributed by atoms with Crippen molar-refractivity contribution >= 4 is 6.03 Å². The maximum absolute atomic E-state index is 13.6. The lowest BCUT2D eigenvalue weighted by Gasteiger charge is -2.32. The first-order valence-electron chi connectivity index (χ1n) is 8.90. The summed E-state index contributed by atoms with van der Waals surface area (Å²) in [6.45, 7) is 1.48. The third-order valence-corrected chi connectivity index (χ3v) is 4.35. The fourth-order valence-electron chi connectivity index (χ4n) is 2.81. The first kappa shape index (κ1) is 19.9. The van der Waals surface area contributed by atoms with Crippen LogP contribution in [0, 0.1) is 11.6 Å². The number of ether oxygens (including phenoxy) is 3. The van der Waals surface area contributed by atoms with Gasteiger partial charge >= 0.3 is 6.03 Å². The predicted octanol–water partition coefficient (Wildman–Crippen LogP) is 2.96. The van der Waals surface area contributed by atoms with E-state index in [0.717, 1.165) is 29.5 Å². The summed E-state index contributed by atoms with van der Waals surface area (Å²) >= 11 is 0. The smallest absolute Gasteiger partial charge is 0.317 e. The largest absolute Gasteiger partial charge is 0.497 e. The Morgan fingerprint density at radius 1 is 1.25 bits per heavy atom. The van der Waals surface area contributed by atoms with Crippen LogP contribution in [0.15, 0.2) is 42.5 Å². The molecule has 1 fully saturated rings. The van der Waals surface area contributed by atoms with E-state index in [-0.39, 0.29) is 18.4 Å². The number of urea groups is 1. The highest BCUT2D eigenvalue weighted by molar-refractivity contribution is 5.74. The molecule has 0 saturated carbocycles. The summed E-state index contributed by atoms with van der Waals surface area (Å²) in [7, 11) is 1.60. The quantitative estimate of drug-likeness (QED) is 0.821. The zero-order valence-electron chi connectivity index (χ0n) is 15.5. The first-order chi connectivity index (χ1) is 13.5. The van der Waals surface area contributed by atoms with E-state index in [9.17, 15) is 13.6 Å². The van der Waals surface area contributed by atoms with Gasteiger partial charge in [-0.25, -0.2) is 13.6 Å². The number of hydrogen-bond acceptors (Lipinski definition) is 4. The van der Waals surface area contributed by atoms with Crippen LogP contribution in [0.25, 0.3) is 0 Å². The predicted molar refractivity (Wildman–Crippen MR) is 98.4 cm³/mol. The molecule has 1 saturated heterocycles. The van der Waals surface area contributed by atoms with Crippen LogP contribution in [0.5, 0.6) is 11.5 Å². The van der Waals surface area contributed by atoms with E-state index in [1.165, 1.54) is 0 Å². The summed E-state index contributed by atoms with van der Waals surface area (Å²) in [6, 6.07) is 10.2. The van der Waals surface area contributed by atoms with Gasteiger partial charge in [-0.05, 0) is 29.8 Å². The molecule has 1 heterocycles. The summed E-state index contributed by atoms with van der Waals surface area (Å²) < 4.78 is 42.8. The Morgan fingerprint density at radius 2 is 2.04 bits per heavy atom. The van der Waals surface area contributed by atoms with Crippen LogP contribution < -0.4 is 14.8 Å². The normalized spacial score (nSPS) is 16.5. The van der Waals surface area contributed by atoms with E-state index in [1.807, 2.05) is 24.3 Å². The molecule has 1 N–H and O–H groups in total. The SMILES string of the molecule is COc1ccc(CNC(=O)N2CCOC(COc3cc(F)ccc3F)C2)cc1. The zero-order chi connectivity index (χ0) is 19.9. The van der Waals surface area contributed by atoms with E-state index in [4.69, 9.17) is 14.2 Å². The fraction of sp³-hybridized carbons (Fsp3) is 0.350. The molecule has 0 aromatic heterocycles. The minimum absolute atomic E-state index is 0.0165. The van der Waals surface area contributed by atoms with Crippen molar-refractivity contribution in [2.45, 2.75) is 12.6 Å². The van der Waals surface area contributed by atoms with Gasteiger partial charge in [-0.2, -0.15) is 0 Å². The molecule has 8 heteroatoms. The van der Waals surface area contributed by atoms with Gasteiger partial charge in [-0.3, -0.25) is 0 Å². The molecule has 6 nitrogen and oxygen atoms in total. The third kappa shape index (κ3) is 5.32. The molecule has 2 aromatic rings. The second kappa shape index (κ2) is 9.36. The van der Waals surface area contributed by atoms with Crippen LogP contribution in [-0.2, 0) is 11.3 Å². The lowest BCUT2D eigenvalue weighted by molar-refractivity contribution is -0.0357. The van der Waals surface area contributed by atoms with Gasteiger partial charge in [0, 0.05) is 19.2 Å². The standard InChI is InChI=1S/C20H22F2N2O4/c1-26-16-5-2-14(3-6-16)11-23-20(25)24-8-9-27-17(12-24)13-28-19-10-15(21)4-7-18(19)22/h2-7,10,17H,8-9,11-13H2,1H3,(H,23,25). The van der Waals surface area contributed by atoms with Crippen molar-refractivity contribution in [3.63, 3.8) is 0 Å². The minimum atomic E-state index is -0.647. The van der Waals surface area contributed by atoms with Crippen molar-refractivity contribution < 1.29 is 27.8 Å². The number of methoxy groups -OCH3 is 1. The molecule has 0 spiro atoms. The van der Waals surface area contributed by atoms with Crippen molar-refractivity contribution in [3.8, 4) is 11.5 Å². The van der Waals surface area contributed by atoms with Gasteiger partial charge in [0.25, 0.3) is 0 Å². The van der Waals surface area contributed by atoms with Crippen LogP contribution in [0.4, 0.5) is 13.6 Å². The number of rotatable bonds is 6. The van der Waals surface area contributed by atoms with E-state index >= 15 is 0 Å². The maximum Gasteiger partial charge on any atom is 0.317 e. The van der Waals surface area contributed by atoms with Crippen molar-refractivity contribution in [2.24, 2.45) is 0 Å². The molecule has 2 amide bonds. The van der Waals surface area contributed by atoms with Gasteiger partial charge in [0.2, 0.25) is 0 Å². The molecule has 0 radical (unpaired) electrons. The lowest BCUT2D eigenvalue weighted by atomic mass is 10.2. The monoisotopic (exact) mass is 392 g/mol. The third-order valence-electron chi connectivity index (χ3n) is 4.35. The second-order valence-electron chi connectivity index (χ2n) is 6.33. The molecule has 0 bridgehead atoms. The Hall–Kier alpha value is -2.87. The average molecular weight is 392 g/mol. The van der Waals surface area contributed by atoms with Gasteiger partial charge in [0.05, 0.1) is 20.3 Å². The number of amides is 2. The second-order valence-corrected chi connectivity index (χ2v) is 6.33. The number of carbonyl (C=O) groups excluding carboxylic acids is 1. The minimum Gasteiger partial charge on any atom is -0.497 e. The van der Waals surface area contributed by atoms with Crippen molar-refractivity contribution in [1.82, 2.24) is 10.2 Å². The van der Waals surface area contributed by atoms with Crippen LogP contribution in [-0.4, -0.2) is 50.4 Å². The van der Waals surface area contributed by atoms with Crippen molar-refractivity contribution in [3.05, 3.63) is 59.7 Å². The Labute approximate surface area is 162 Å². The molecule has 1 atom stereocenters. The average Bonchev–Trinajstić information content (AvgIpc) is 2.73. The number of halogens is 2. The fourth-order valence-corrected chi connectivity index (χ4v) is 2.81. The van der Waals surface area contributed by atoms with E-state index in [1.54, 1.807) is 12.0 Å². The Morgan fingerprint density at radius 3 is 2.79 bits per heavy atom. The highest BCUT2D eigenvalue weighted by Gasteiger charge is 2.25. The van der Waals surface area contributed by atoms with Gasteiger partial charge in [-0.15, -0.1) is 0 Å². The molecule has 0 aliphatic carbocycles. The van der Waals surface area contributed by atoms with Crippen LogP contribution >= 0.6 is 0 Å². The number of morpholine rings is 1. The number of carbonyl (C=O) groups is 1. The number of nitrogens with zero attached hydrogens (tertiary/aromatic N) is 1. The molecule has 28 heavy (non-hydrogen) atoms. The molecule has 2 aromatic carbocycles. The molecule has 150 valence electrons. The summed E-state index contributed by atoms with van der Waals surface area (Å²) in [5.41, 5.74) is 0.948. The highest BCUT2D eigenvalue weighted by atomic mass is 19.1. The van der Waals surface area contributed by atoms with E-state index in [2.05, 4.69) is 5.32 Å². The Bertz CT molecular complexity index is 801. The van der Waals surface area contributed by atoms with Gasteiger partial charge in [-0.1, -0.05) is 12.1 Å².